The monoisotopic (exact) mass is 194 g/mol. The highest BCUT2D eigenvalue weighted by molar-refractivity contribution is 6.35. The van der Waals surface area contributed by atoms with E-state index in [1.807, 2.05) is 39.0 Å². The van der Waals surface area contributed by atoms with E-state index in [9.17, 15) is 5.02 Å². The second-order valence-electron chi connectivity index (χ2n) is 3.97. The first-order valence-electron chi connectivity index (χ1n) is 4.55. The molecule has 0 radical (unpaired) electrons. The van der Waals surface area contributed by atoms with Crippen molar-refractivity contribution in [1.29, 1.82) is 0 Å². The van der Waals surface area contributed by atoms with Crippen molar-refractivity contribution in [3.05, 3.63) is 30.3 Å². The van der Waals surface area contributed by atoms with Crippen molar-refractivity contribution in [3.63, 3.8) is 0 Å². The van der Waals surface area contributed by atoms with Gasteiger partial charge in [0.25, 0.3) is 0 Å². The minimum Gasteiger partial charge on any atom is -0.512 e. The van der Waals surface area contributed by atoms with Gasteiger partial charge < -0.3 is 14.3 Å². The maximum Gasteiger partial charge on any atom is 0.710 e. The Balaban J connectivity index is 2.46. The van der Waals surface area contributed by atoms with Gasteiger partial charge in [-0.2, -0.15) is 0 Å². The molecule has 1 aromatic carbocycles. The van der Waals surface area contributed by atoms with Gasteiger partial charge in [0.15, 0.2) is 0 Å². The van der Waals surface area contributed by atoms with Crippen molar-refractivity contribution >= 4 is 7.32 Å². The van der Waals surface area contributed by atoms with Gasteiger partial charge in [0.1, 0.15) is 5.75 Å². The molecule has 0 aliphatic carbocycles. The quantitative estimate of drug-likeness (QED) is 0.746. The van der Waals surface area contributed by atoms with Gasteiger partial charge in [-0.1, -0.05) is 18.2 Å². The Kier molecular flexibility index (Phi) is 3.55. The molecule has 0 unspecified atom stereocenters. The maximum absolute atomic E-state index is 9.39. The number of hydrogen-bond acceptors (Lipinski definition) is 3. The van der Waals surface area contributed by atoms with E-state index < -0.39 is 12.9 Å². The summed E-state index contributed by atoms with van der Waals surface area (Å²) in [6, 6.07) is 9.06. The lowest BCUT2D eigenvalue weighted by atomic mass is 10.1. The molecule has 0 aliphatic heterocycles. The van der Waals surface area contributed by atoms with E-state index in [2.05, 4.69) is 0 Å². The van der Waals surface area contributed by atoms with Crippen LogP contribution < -0.4 is 4.65 Å². The Hall–Kier alpha value is -0.995. The molecule has 0 saturated heterocycles. The number of para-hydroxylation sites is 1. The Bertz CT molecular complexity index is 268. The van der Waals surface area contributed by atoms with Crippen LogP contribution in [0.15, 0.2) is 30.3 Å². The molecular formula is C10H15BO3. The molecule has 0 atom stereocenters. The topological polar surface area (TPSA) is 38.7 Å². The minimum absolute atomic E-state index is 0.422. The number of rotatable bonds is 3. The van der Waals surface area contributed by atoms with Crippen molar-refractivity contribution in [3.8, 4) is 5.75 Å². The number of hydrogen-bond donors (Lipinski definition) is 1. The molecule has 1 N–H and O–H groups in total. The fourth-order valence-electron chi connectivity index (χ4n) is 0.942. The summed E-state index contributed by atoms with van der Waals surface area (Å²) in [6.07, 6.45) is 0. The predicted molar refractivity (Wildman–Crippen MR) is 55.9 cm³/mol. The highest BCUT2D eigenvalue weighted by Crippen LogP contribution is 2.13. The zero-order valence-electron chi connectivity index (χ0n) is 8.73. The summed E-state index contributed by atoms with van der Waals surface area (Å²) in [5.41, 5.74) is -0.422. The molecule has 4 heteroatoms. The van der Waals surface area contributed by atoms with Crippen LogP contribution in [-0.4, -0.2) is 17.9 Å². The average Bonchev–Trinajstić information content (AvgIpc) is 2.02. The zero-order chi connectivity index (χ0) is 10.6. The molecule has 76 valence electrons. The molecular weight excluding hydrogens is 179 g/mol. The molecule has 1 rings (SSSR count). The van der Waals surface area contributed by atoms with Gasteiger partial charge in [0.05, 0.1) is 0 Å². The van der Waals surface area contributed by atoms with Gasteiger partial charge in [0, 0.05) is 5.60 Å². The van der Waals surface area contributed by atoms with E-state index in [1.54, 1.807) is 12.1 Å². The lowest BCUT2D eigenvalue weighted by Crippen LogP contribution is -2.35. The first-order valence-corrected chi connectivity index (χ1v) is 4.55. The molecule has 14 heavy (non-hydrogen) atoms. The van der Waals surface area contributed by atoms with Crippen LogP contribution in [0.5, 0.6) is 5.75 Å². The molecule has 0 fully saturated rings. The van der Waals surface area contributed by atoms with Crippen molar-refractivity contribution < 1.29 is 14.3 Å². The smallest absolute Gasteiger partial charge is 0.512 e. The van der Waals surface area contributed by atoms with E-state index in [1.165, 1.54) is 0 Å². The molecule has 0 spiro atoms. The van der Waals surface area contributed by atoms with E-state index in [-0.39, 0.29) is 0 Å². The van der Waals surface area contributed by atoms with Gasteiger partial charge in [-0.3, -0.25) is 0 Å². The van der Waals surface area contributed by atoms with Crippen LogP contribution in [0.4, 0.5) is 0 Å². The van der Waals surface area contributed by atoms with E-state index in [0.717, 1.165) is 0 Å². The predicted octanol–water partition coefficient (Wildman–Crippen LogP) is 1.86. The van der Waals surface area contributed by atoms with Crippen molar-refractivity contribution in [1.82, 2.24) is 0 Å². The second-order valence-corrected chi connectivity index (χ2v) is 3.97. The lowest BCUT2D eigenvalue weighted by molar-refractivity contribution is 0.0696. The van der Waals surface area contributed by atoms with E-state index in [0.29, 0.717) is 5.75 Å². The molecule has 0 heterocycles. The van der Waals surface area contributed by atoms with E-state index in [4.69, 9.17) is 9.31 Å². The number of benzene rings is 1. The third kappa shape index (κ3) is 4.30. The molecule has 0 aromatic heterocycles. The first-order chi connectivity index (χ1) is 6.47. The minimum atomic E-state index is -1.22. The van der Waals surface area contributed by atoms with E-state index >= 15 is 0 Å². The highest BCUT2D eigenvalue weighted by Gasteiger charge is 2.25. The summed E-state index contributed by atoms with van der Waals surface area (Å²) >= 11 is 0. The highest BCUT2D eigenvalue weighted by atomic mass is 16.7. The molecule has 0 aliphatic rings. The van der Waals surface area contributed by atoms with Crippen LogP contribution in [0.3, 0.4) is 0 Å². The Morgan fingerprint density at radius 2 is 1.71 bits per heavy atom. The fraction of sp³-hybridized carbons (Fsp3) is 0.400. The standard InChI is InChI=1S/C10H15BO3/c1-10(2,3)14-11(12)13-9-7-5-4-6-8-9/h4-8,12H,1-3H3. The van der Waals surface area contributed by atoms with Crippen LogP contribution in [-0.2, 0) is 4.65 Å². The first kappa shape index (κ1) is 11.1. The Labute approximate surface area is 84.8 Å². The summed E-state index contributed by atoms with van der Waals surface area (Å²) in [5.74, 6) is 0.587. The molecule has 3 nitrogen and oxygen atoms in total. The van der Waals surface area contributed by atoms with Crippen LogP contribution in [0.2, 0.25) is 0 Å². The van der Waals surface area contributed by atoms with Crippen molar-refractivity contribution in [2.24, 2.45) is 0 Å². The van der Waals surface area contributed by atoms with Gasteiger partial charge in [-0.05, 0) is 32.9 Å². The second kappa shape index (κ2) is 4.48. The molecule has 0 amide bonds. The van der Waals surface area contributed by atoms with Crippen LogP contribution in [0.1, 0.15) is 20.8 Å². The summed E-state index contributed by atoms with van der Waals surface area (Å²) in [5, 5.41) is 9.39. The van der Waals surface area contributed by atoms with Crippen LogP contribution >= 0.6 is 0 Å². The summed E-state index contributed by atoms with van der Waals surface area (Å²) in [6.45, 7) is 5.56. The normalized spacial score (nSPS) is 11.1. The maximum atomic E-state index is 9.39. The fourth-order valence-corrected chi connectivity index (χ4v) is 0.942. The van der Waals surface area contributed by atoms with Gasteiger partial charge in [0.2, 0.25) is 0 Å². The Morgan fingerprint density at radius 1 is 1.14 bits per heavy atom. The molecule has 1 aromatic rings. The molecule has 0 saturated carbocycles. The largest absolute Gasteiger partial charge is 0.710 e. The van der Waals surface area contributed by atoms with Crippen molar-refractivity contribution in [2.75, 3.05) is 0 Å². The summed E-state index contributed by atoms with van der Waals surface area (Å²) in [7, 11) is -1.22. The Morgan fingerprint density at radius 3 is 2.21 bits per heavy atom. The summed E-state index contributed by atoms with van der Waals surface area (Å²) in [4.78, 5) is 0. The van der Waals surface area contributed by atoms with Gasteiger partial charge in [-0.15, -0.1) is 0 Å². The third-order valence-corrected chi connectivity index (χ3v) is 1.43. The molecule has 0 bridgehead atoms. The van der Waals surface area contributed by atoms with Crippen molar-refractivity contribution in [2.45, 2.75) is 26.4 Å². The third-order valence-electron chi connectivity index (χ3n) is 1.43. The lowest BCUT2D eigenvalue weighted by Gasteiger charge is -2.21. The van der Waals surface area contributed by atoms with Gasteiger partial charge in [-0.25, -0.2) is 0 Å². The van der Waals surface area contributed by atoms with Crippen LogP contribution in [0.25, 0.3) is 0 Å². The average molecular weight is 194 g/mol. The summed E-state index contributed by atoms with van der Waals surface area (Å²) < 4.78 is 10.3. The van der Waals surface area contributed by atoms with Gasteiger partial charge >= 0.3 is 7.32 Å². The van der Waals surface area contributed by atoms with Crippen LogP contribution in [0, 0.1) is 0 Å². The SMILES string of the molecule is CC(C)(C)OB(O)Oc1ccccc1. The zero-order valence-corrected chi connectivity index (χ0v) is 8.73.